The maximum atomic E-state index is 12.6. The van der Waals surface area contributed by atoms with Gasteiger partial charge >= 0.3 is 5.97 Å². The second-order valence-electron chi connectivity index (χ2n) is 7.55. The summed E-state index contributed by atoms with van der Waals surface area (Å²) in [5.41, 5.74) is 3.50. The number of nitrogens with one attached hydrogen (secondary N) is 2. The molecule has 0 saturated carbocycles. The first kappa shape index (κ1) is 27.5. The van der Waals surface area contributed by atoms with Crippen LogP contribution in [-0.4, -0.2) is 59.0 Å². The number of ether oxygens (including phenoxy) is 5. The van der Waals surface area contributed by atoms with Gasteiger partial charge in [-0.15, -0.1) is 0 Å². The van der Waals surface area contributed by atoms with Crippen LogP contribution in [0.15, 0.2) is 65.8 Å². The first-order chi connectivity index (χ1) is 18.4. The molecular formula is C27H27N3O8. The van der Waals surface area contributed by atoms with E-state index in [1.165, 1.54) is 46.8 Å². The lowest BCUT2D eigenvalue weighted by Crippen LogP contribution is -2.35. The first-order valence-corrected chi connectivity index (χ1v) is 11.3. The van der Waals surface area contributed by atoms with E-state index < -0.39 is 17.8 Å². The number of hydrogen-bond acceptors (Lipinski definition) is 9. The number of hydrazone groups is 1. The third-order valence-corrected chi connectivity index (χ3v) is 5.16. The lowest BCUT2D eigenvalue weighted by Gasteiger charge is -2.13. The van der Waals surface area contributed by atoms with Crippen molar-refractivity contribution in [2.45, 2.75) is 0 Å². The minimum absolute atomic E-state index is 0.214. The van der Waals surface area contributed by atoms with Crippen LogP contribution in [0.4, 0.5) is 0 Å². The number of amides is 2. The van der Waals surface area contributed by atoms with E-state index >= 15 is 0 Å². The van der Waals surface area contributed by atoms with E-state index in [0.29, 0.717) is 39.9 Å². The van der Waals surface area contributed by atoms with Crippen molar-refractivity contribution in [1.29, 1.82) is 0 Å². The van der Waals surface area contributed by atoms with Crippen molar-refractivity contribution in [2.75, 3.05) is 35.0 Å². The van der Waals surface area contributed by atoms with Crippen molar-refractivity contribution < 1.29 is 38.1 Å². The summed E-state index contributed by atoms with van der Waals surface area (Å²) in [4.78, 5) is 36.9. The van der Waals surface area contributed by atoms with E-state index in [9.17, 15) is 14.4 Å². The summed E-state index contributed by atoms with van der Waals surface area (Å²) in [6, 6.07) is 16.1. The van der Waals surface area contributed by atoms with Gasteiger partial charge in [-0.1, -0.05) is 12.1 Å². The number of benzene rings is 3. The van der Waals surface area contributed by atoms with Crippen LogP contribution >= 0.6 is 0 Å². The van der Waals surface area contributed by atoms with Crippen LogP contribution in [0.2, 0.25) is 0 Å². The summed E-state index contributed by atoms with van der Waals surface area (Å²) in [6.07, 6.45) is 1.41. The van der Waals surface area contributed by atoms with Gasteiger partial charge in [-0.2, -0.15) is 5.10 Å². The van der Waals surface area contributed by atoms with Gasteiger partial charge in [-0.05, 0) is 54.1 Å². The average molecular weight is 522 g/mol. The van der Waals surface area contributed by atoms with Gasteiger partial charge in [0.2, 0.25) is 5.75 Å². The molecule has 0 unspecified atom stereocenters. The maximum Gasteiger partial charge on any atom is 0.343 e. The molecule has 0 aliphatic rings. The van der Waals surface area contributed by atoms with Crippen molar-refractivity contribution in [1.82, 2.24) is 10.7 Å². The van der Waals surface area contributed by atoms with Crippen LogP contribution in [0.25, 0.3) is 0 Å². The van der Waals surface area contributed by atoms with Crippen molar-refractivity contribution >= 4 is 24.0 Å². The summed E-state index contributed by atoms with van der Waals surface area (Å²) in [7, 11) is 5.83. The number of methoxy groups -OCH3 is 4. The summed E-state index contributed by atoms with van der Waals surface area (Å²) < 4.78 is 26.3. The van der Waals surface area contributed by atoms with Crippen molar-refractivity contribution in [3.05, 3.63) is 77.4 Å². The predicted molar refractivity (Wildman–Crippen MR) is 139 cm³/mol. The average Bonchev–Trinajstić information content (AvgIpc) is 2.95. The van der Waals surface area contributed by atoms with Gasteiger partial charge in [-0.25, -0.2) is 10.2 Å². The zero-order chi connectivity index (χ0) is 27.5. The molecule has 0 aliphatic heterocycles. The monoisotopic (exact) mass is 521 g/mol. The number of nitrogens with zero attached hydrogens (tertiary/aromatic N) is 1. The fourth-order valence-electron chi connectivity index (χ4n) is 3.29. The van der Waals surface area contributed by atoms with Crippen LogP contribution in [0.1, 0.15) is 26.3 Å². The fraction of sp³-hybridized carbons (Fsp3) is 0.185. The third kappa shape index (κ3) is 7.00. The van der Waals surface area contributed by atoms with E-state index in [0.717, 1.165) is 0 Å². The molecule has 0 bridgehead atoms. The molecule has 3 aromatic carbocycles. The van der Waals surface area contributed by atoms with Crippen LogP contribution in [0, 0.1) is 0 Å². The summed E-state index contributed by atoms with van der Waals surface area (Å²) in [5.74, 6) is 0.136. The molecule has 38 heavy (non-hydrogen) atoms. The SMILES string of the molecule is COc1ccccc1C(=O)NCC(=O)NN=Cc1ccc(OC(=O)c2cc(OC)c(OC)c(OC)c2)cc1. The molecular weight excluding hydrogens is 494 g/mol. The van der Waals surface area contributed by atoms with Crippen molar-refractivity contribution in [2.24, 2.45) is 5.10 Å². The Kier molecular flexibility index (Phi) is 9.64. The van der Waals surface area contributed by atoms with Gasteiger partial charge in [0, 0.05) is 0 Å². The van der Waals surface area contributed by atoms with Gasteiger partial charge in [-0.3, -0.25) is 9.59 Å². The number of rotatable bonds is 11. The van der Waals surface area contributed by atoms with Gasteiger partial charge < -0.3 is 29.0 Å². The normalized spacial score (nSPS) is 10.4. The van der Waals surface area contributed by atoms with Crippen LogP contribution in [-0.2, 0) is 4.79 Å². The summed E-state index contributed by atoms with van der Waals surface area (Å²) >= 11 is 0. The van der Waals surface area contributed by atoms with Gasteiger partial charge in [0.25, 0.3) is 11.8 Å². The molecule has 0 saturated heterocycles. The Bertz CT molecular complexity index is 1300. The Morgan fingerprint density at radius 2 is 1.45 bits per heavy atom. The summed E-state index contributed by atoms with van der Waals surface area (Å²) in [5, 5.41) is 6.38. The first-order valence-electron chi connectivity index (χ1n) is 11.3. The number of carbonyl (C=O) groups excluding carboxylic acids is 3. The number of hydrogen-bond donors (Lipinski definition) is 2. The zero-order valence-electron chi connectivity index (χ0n) is 21.3. The molecule has 3 aromatic rings. The van der Waals surface area contributed by atoms with Crippen molar-refractivity contribution in [3.8, 4) is 28.7 Å². The lowest BCUT2D eigenvalue weighted by atomic mass is 10.2. The molecule has 0 spiro atoms. The Morgan fingerprint density at radius 1 is 0.816 bits per heavy atom. The number of para-hydroxylation sites is 1. The Hall–Kier alpha value is -5.06. The third-order valence-electron chi connectivity index (χ3n) is 5.16. The molecule has 0 atom stereocenters. The van der Waals surface area contributed by atoms with Crippen LogP contribution in [0.5, 0.6) is 28.7 Å². The summed E-state index contributed by atoms with van der Waals surface area (Å²) in [6.45, 7) is -0.274. The standard InChI is InChI=1S/C27H27N3O8/c1-34-21-8-6-5-7-20(21)26(32)28-16-24(31)30-29-15-17-9-11-19(12-10-17)38-27(33)18-13-22(35-2)25(37-4)23(14-18)36-3/h5-15H,16H2,1-4H3,(H,28,32)(H,30,31). The minimum atomic E-state index is -0.617. The second-order valence-corrected chi connectivity index (χ2v) is 7.55. The minimum Gasteiger partial charge on any atom is -0.496 e. The molecule has 0 radical (unpaired) electrons. The molecule has 11 heteroatoms. The molecule has 0 fully saturated rings. The van der Waals surface area contributed by atoms with E-state index in [1.807, 2.05) is 0 Å². The van der Waals surface area contributed by atoms with E-state index in [2.05, 4.69) is 15.8 Å². The molecule has 2 N–H and O–H groups in total. The highest BCUT2D eigenvalue weighted by molar-refractivity contribution is 5.98. The molecule has 0 aromatic heterocycles. The largest absolute Gasteiger partial charge is 0.496 e. The predicted octanol–water partition coefficient (Wildman–Crippen LogP) is 2.82. The highest BCUT2D eigenvalue weighted by Crippen LogP contribution is 2.38. The fourth-order valence-corrected chi connectivity index (χ4v) is 3.29. The van der Waals surface area contributed by atoms with E-state index in [4.69, 9.17) is 23.7 Å². The van der Waals surface area contributed by atoms with Crippen molar-refractivity contribution in [3.63, 3.8) is 0 Å². The van der Waals surface area contributed by atoms with Gasteiger partial charge in [0.15, 0.2) is 11.5 Å². The molecule has 2 amide bonds. The van der Waals surface area contributed by atoms with Crippen LogP contribution < -0.4 is 34.4 Å². The number of carbonyl (C=O) groups is 3. The zero-order valence-corrected chi connectivity index (χ0v) is 21.3. The Labute approximate surface area is 219 Å². The molecule has 0 heterocycles. The molecule has 198 valence electrons. The Morgan fingerprint density at radius 3 is 2.05 bits per heavy atom. The number of esters is 1. The van der Waals surface area contributed by atoms with Gasteiger partial charge in [0.1, 0.15) is 11.5 Å². The lowest BCUT2D eigenvalue weighted by molar-refractivity contribution is -0.120. The quantitative estimate of drug-likeness (QED) is 0.170. The maximum absolute atomic E-state index is 12.6. The molecule has 11 nitrogen and oxygen atoms in total. The topological polar surface area (TPSA) is 134 Å². The molecule has 3 rings (SSSR count). The second kappa shape index (κ2) is 13.3. The smallest absolute Gasteiger partial charge is 0.343 e. The van der Waals surface area contributed by atoms with E-state index in [-0.39, 0.29) is 12.1 Å². The Balaban J connectivity index is 1.53. The highest BCUT2D eigenvalue weighted by atomic mass is 16.5. The highest BCUT2D eigenvalue weighted by Gasteiger charge is 2.18. The van der Waals surface area contributed by atoms with Crippen LogP contribution in [0.3, 0.4) is 0 Å². The van der Waals surface area contributed by atoms with E-state index in [1.54, 1.807) is 48.5 Å². The van der Waals surface area contributed by atoms with Gasteiger partial charge in [0.05, 0.1) is 52.3 Å². The molecule has 0 aliphatic carbocycles.